The Kier molecular flexibility index (Phi) is 9.40. The van der Waals surface area contributed by atoms with Crippen LogP contribution in [0.25, 0.3) is 27.5 Å². The number of pyridine rings is 2. The fourth-order valence-corrected chi connectivity index (χ4v) is 8.31. The minimum atomic E-state index is -0.338. The normalized spacial score (nSPS) is 19.1. The molecule has 3 aliphatic rings. The SMILES string of the molecule is CNc1cc(-c2ccc3cc(C#N)cnn23)ncc1-c1nnc(N2CCN(C(=O)CC[C@@H]3CCN(c4ccc([C@H]5CCC(=O)NC5=O)cn4)C3)CC2)s1. The van der Waals surface area contributed by atoms with Gasteiger partial charge in [0.2, 0.25) is 22.9 Å². The van der Waals surface area contributed by atoms with E-state index in [0.717, 1.165) is 75.6 Å². The molecule has 5 aromatic rings. The Labute approximate surface area is 309 Å². The predicted molar refractivity (Wildman–Crippen MR) is 199 cm³/mol. The molecule has 3 saturated heterocycles. The van der Waals surface area contributed by atoms with Crippen LogP contribution in [-0.2, 0) is 14.4 Å². The zero-order valence-electron chi connectivity index (χ0n) is 29.2. The number of fused-ring (bicyclic) bond motifs is 1. The largest absolute Gasteiger partial charge is 0.387 e. The van der Waals surface area contributed by atoms with Crippen LogP contribution in [0.15, 0.2) is 55.0 Å². The molecule has 0 radical (unpaired) electrons. The van der Waals surface area contributed by atoms with Crippen LogP contribution in [0.4, 0.5) is 16.6 Å². The summed E-state index contributed by atoms with van der Waals surface area (Å²) in [5.41, 5.74) is 5.41. The molecule has 270 valence electrons. The van der Waals surface area contributed by atoms with Crippen molar-refractivity contribution in [3.63, 3.8) is 0 Å². The van der Waals surface area contributed by atoms with E-state index >= 15 is 0 Å². The first-order valence-corrected chi connectivity index (χ1v) is 18.7. The Morgan fingerprint density at radius 3 is 2.64 bits per heavy atom. The number of aromatic nitrogens is 6. The molecule has 8 rings (SSSR count). The van der Waals surface area contributed by atoms with Gasteiger partial charge in [0.1, 0.15) is 11.9 Å². The van der Waals surface area contributed by atoms with Crippen molar-refractivity contribution in [2.45, 2.75) is 38.0 Å². The Morgan fingerprint density at radius 1 is 1.00 bits per heavy atom. The summed E-state index contributed by atoms with van der Waals surface area (Å²) in [6, 6.07) is 13.6. The quantitative estimate of drug-likeness (QED) is 0.211. The van der Waals surface area contributed by atoms with Crippen molar-refractivity contribution in [3.05, 3.63) is 66.1 Å². The molecule has 15 nitrogen and oxygen atoms in total. The van der Waals surface area contributed by atoms with Gasteiger partial charge in [-0.05, 0) is 61.1 Å². The van der Waals surface area contributed by atoms with Gasteiger partial charge in [-0.15, -0.1) is 10.2 Å². The second-order valence-corrected chi connectivity index (χ2v) is 14.6. The number of piperazine rings is 1. The van der Waals surface area contributed by atoms with Crippen molar-refractivity contribution in [2.24, 2.45) is 5.92 Å². The highest BCUT2D eigenvalue weighted by atomic mass is 32.1. The summed E-state index contributed by atoms with van der Waals surface area (Å²) in [5.74, 6) is 0.671. The van der Waals surface area contributed by atoms with Gasteiger partial charge in [-0.3, -0.25) is 24.7 Å². The highest BCUT2D eigenvalue weighted by Gasteiger charge is 2.30. The number of amides is 3. The van der Waals surface area contributed by atoms with Crippen LogP contribution in [0, 0.1) is 17.2 Å². The Balaban J connectivity index is 0.822. The monoisotopic (exact) mass is 730 g/mol. The maximum absolute atomic E-state index is 13.2. The van der Waals surface area contributed by atoms with Crippen molar-refractivity contribution < 1.29 is 14.4 Å². The highest BCUT2D eigenvalue weighted by molar-refractivity contribution is 7.18. The molecule has 3 fully saturated rings. The number of nitriles is 1. The topological polar surface area (TPSA) is 178 Å². The standard InChI is InChI=1S/C37H38N12O3S/c1-39-29-17-30(31-6-4-26-16-24(18-38)19-42-49(26)31)40-21-28(29)36-44-45-37(53-36)47-14-12-46(13-15-47)34(51)9-2-23-10-11-48(22-23)32-7-3-25(20-41-32)27-5-8-33(50)43-35(27)52/h3-4,6-7,16-17,19-21,23,27H,2,5,8-15,22H2,1H3,(H,39,40)(H,43,50,52)/t23-,27-/m1/s1. The number of rotatable bonds is 9. The van der Waals surface area contributed by atoms with E-state index in [0.29, 0.717) is 56.9 Å². The molecule has 2 N–H and O–H groups in total. The van der Waals surface area contributed by atoms with Crippen molar-refractivity contribution in [2.75, 3.05) is 61.4 Å². The van der Waals surface area contributed by atoms with Gasteiger partial charge in [0.25, 0.3) is 0 Å². The summed E-state index contributed by atoms with van der Waals surface area (Å²) < 4.78 is 1.77. The molecule has 2 atom stereocenters. The van der Waals surface area contributed by atoms with Crippen molar-refractivity contribution >= 4 is 51.2 Å². The molecule has 0 spiro atoms. The number of carbonyl (C=O) groups excluding carboxylic acids is 3. The van der Waals surface area contributed by atoms with Crippen molar-refractivity contribution in [3.8, 4) is 28.0 Å². The molecule has 8 heterocycles. The Morgan fingerprint density at radius 2 is 1.87 bits per heavy atom. The number of nitrogens with one attached hydrogen (secondary N) is 2. The van der Waals surface area contributed by atoms with Crippen LogP contribution in [0.2, 0.25) is 0 Å². The first-order chi connectivity index (χ1) is 25.9. The molecule has 5 aromatic heterocycles. The molecule has 53 heavy (non-hydrogen) atoms. The summed E-state index contributed by atoms with van der Waals surface area (Å²) in [7, 11) is 1.86. The molecule has 16 heteroatoms. The zero-order valence-corrected chi connectivity index (χ0v) is 30.1. The summed E-state index contributed by atoms with van der Waals surface area (Å²) in [4.78, 5) is 52.7. The Hall–Kier alpha value is -5.95. The number of imide groups is 1. The molecular formula is C37H38N12O3S. The molecule has 3 amide bonds. The van der Waals surface area contributed by atoms with E-state index in [1.807, 2.05) is 42.3 Å². The minimum absolute atomic E-state index is 0.189. The van der Waals surface area contributed by atoms with Gasteiger partial charge >= 0.3 is 0 Å². The summed E-state index contributed by atoms with van der Waals surface area (Å²) in [5, 5.41) is 29.9. The average Bonchev–Trinajstić information content (AvgIpc) is 3.97. The van der Waals surface area contributed by atoms with E-state index in [1.165, 1.54) is 11.3 Å². The maximum Gasteiger partial charge on any atom is 0.234 e. The third-order valence-electron chi connectivity index (χ3n) is 10.4. The highest BCUT2D eigenvalue weighted by Crippen LogP contribution is 2.36. The molecular weight excluding hydrogens is 693 g/mol. The van der Waals surface area contributed by atoms with Crippen molar-refractivity contribution in [1.82, 2.24) is 40.0 Å². The first-order valence-electron chi connectivity index (χ1n) is 17.8. The van der Waals surface area contributed by atoms with Gasteiger partial charge < -0.3 is 20.0 Å². The smallest absolute Gasteiger partial charge is 0.234 e. The Bertz CT molecular complexity index is 2220. The third kappa shape index (κ3) is 6.99. The lowest BCUT2D eigenvalue weighted by Gasteiger charge is -2.34. The van der Waals surface area contributed by atoms with E-state index in [9.17, 15) is 19.6 Å². The molecule has 0 bridgehead atoms. The van der Waals surface area contributed by atoms with Crippen LogP contribution < -0.4 is 20.4 Å². The van der Waals surface area contributed by atoms with Gasteiger partial charge in [-0.2, -0.15) is 10.4 Å². The number of hydrogen-bond acceptors (Lipinski definition) is 13. The van der Waals surface area contributed by atoms with Gasteiger partial charge in [0, 0.05) is 77.2 Å². The van der Waals surface area contributed by atoms with Crippen LogP contribution in [0.5, 0.6) is 0 Å². The first kappa shape index (κ1) is 34.2. The molecule has 0 saturated carbocycles. The van der Waals surface area contributed by atoms with Gasteiger partial charge in [0.15, 0.2) is 5.01 Å². The molecule has 0 aliphatic carbocycles. The molecule has 3 aliphatic heterocycles. The van der Waals surface area contributed by atoms with Crippen LogP contribution >= 0.6 is 11.3 Å². The molecule has 0 unspecified atom stereocenters. The second-order valence-electron chi connectivity index (χ2n) is 13.6. The third-order valence-corrected chi connectivity index (χ3v) is 11.4. The van der Waals surface area contributed by atoms with Gasteiger partial charge in [-0.25, -0.2) is 9.50 Å². The van der Waals surface area contributed by atoms with E-state index in [-0.39, 0.29) is 23.6 Å². The van der Waals surface area contributed by atoms with Crippen LogP contribution in [0.1, 0.15) is 49.1 Å². The second kappa shape index (κ2) is 14.6. The fourth-order valence-electron chi connectivity index (χ4n) is 7.39. The van der Waals surface area contributed by atoms with E-state index in [1.54, 1.807) is 29.2 Å². The maximum atomic E-state index is 13.2. The van der Waals surface area contributed by atoms with Gasteiger partial charge in [0.05, 0.1) is 40.1 Å². The van der Waals surface area contributed by atoms with E-state index in [2.05, 4.69) is 46.8 Å². The number of piperidine rings is 1. The van der Waals surface area contributed by atoms with E-state index < -0.39 is 0 Å². The van der Waals surface area contributed by atoms with Gasteiger partial charge in [-0.1, -0.05) is 17.4 Å². The number of nitrogens with zero attached hydrogens (tertiary/aromatic N) is 10. The van der Waals surface area contributed by atoms with E-state index in [4.69, 9.17) is 4.98 Å². The lowest BCUT2D eigenvalue weighted by Crippen LogP contribution is -2.48. The number of carbonyl (C=O) groups is 3. The summed E-state index contributed by atoms with van der Waals surface area (Å²) >= 11 is 1.51. The fraction of sp³-hybridized carbons (Fsp3) is 0.378. The summed E-state index contributed by atoms with van der Waals surface area (Å²) in [6.07, 6.45) is 8.31. The lowest BCUT2D eigenvalue weighted by molar-refractivity contribution is -0.134. The van der Waals surface area contributed by atoms with Crippen LogP contribution in [0.3, 0.4) is 0 Å². The van der Waals surface area contributed by atoms with Crippen molar-refractivity contribution in [1.29, 1.82) is 5.26 Å². The average molecular weight is 731 g/mol. The minimum Gasteiger partial charge on any atom is -0.387 e. The number of anilines is 3. The summed E-state index contributed by atoms with van der Waals surface area (Å²) in [6.45, 7) is 4.40. The zero-order chi connectivity index (χ0) is 36.5. The predicted octanol–water partition coefficient (Wildman–Crippen LogP) is 3.70. The number of hydrogen-bond donors (Lipinski definition) is 2. The molecule has 0 aromatic carbocycles. The lowest BCUT2D eigenvalue weighted by atomic mass is 9.92. The van der Waals surface area contributed by atoms with Crippen LogP contribution in [-0.4, -0.2) is 98.7 Å².